The number of hydrogen-bond donors (Lipinski definition) is 2. The summed E-state index contributed by atoms with van der Waals surface area (Å²) >= 11 is 0. The van der Waals surface area contributed by atoms with E-state index in [1.807, 2.05) is 48.0 Å². The van der Waals surface area contributed by atoms with Crippen molar-refractivity contribution in [2.45, 2.75) is 24.8 Å². The Morgan fingerprint density at radius 1 is 1.03 bits per heavy atom. The number of pyridine rings is 2. The van der Waals surface area contributed by atoms with Crippen molar-refractivity contribution in [1.29, 1.82) is 0 Å². The third kappa shape index (κ3) is 3.90. The molecule has 1 aliphatic carbocycles. The number of anilines is 1. The van der Waals surface area contributed by atoms with Crippen LogP contribution in [0.2, 0.25) is 0 Å². The molecule has 0 atom stereocenters. The standard InChI is InChI=1S/C30H28N6O2/c1-32-30(15-5-16-30)21-9-11-22(12-10-21)36-27(23-8-4-17-33-26(23)31)35-25-14-13-24(34-28(25)36)19-6-3-7-20(18-19)29(37)38-2/h3-4,6-14,17-18,32H,5,15-16H2,1-2H3,(H2,31,33). The van der Waals surface area contributed by atoms with Crippen LogP contribution in [0.3, 0.4) is 0 Å². The number of imidazole rings is 1. The molecule has 5 aromatic rings. The second-order valence-corrected chi connectivity index (χ2v) is 9.55. The van der Waals surface area contributed by atoms with Crippen LogP contribution >= 0.6 is 0 Å². The lowest BCUT2D eigenvalue weighted by molar-refractivity contribution is 0.0601. The van der Waals surface area contributed by atoms with E-state index in [2.05, 4.69) is 34.6 Å². The number of nitrogens with zero attached hydrogens (tertiary/aromatic N) is 4. The number of rotatable bonds is 6. The van der Waals surface area contributed by atoms with Crippen LogP contribution in [0.1, 0.15) is 35.2 Å². The molecule has 3 N–H and O–H groups in total. The fourth-order valence-electron chi connectivity index (χ4n) is 5.22. The molecule has 1 aliphatic rings. The fourth-order valence-corrected chi connectivity index (χ4v) is 5.22. The minimum Gasteiger partial charge on any atom is -0.465 e. The zero-order chi connectivity index (χ0) is 26.3. The summed E-state index contributed by atoms with van der Waals surface area (Å²) in [5.74, 6) is 0.673. The molecular formula is C30H28N6O2. The molecular weight excluding hydrogens is 476 g/mol. The van der Waals surface area contributed by atoms with Gasteiger partial charge in [-0.15, -0.1) is 0 Å². The maximum absolute atomic E-state index is 12.1. The summed E-state index contributed by atoms with van der Waals surface area (Å²) in [4.78, 5) is 26.3. The Morgan fingerprint density at radius 2 is 1.84 bits per heavy atom. The van der Waals surface area contributed by atoms with Crippen LogP contribution in [0.15, 0.2) is 79.0 Å². The summed E-state index contributed by atoms with van der Waals surface area (Å²) in [6.45, 7) is 0. The Kier molecular flexibility index (Phi) is 5.88. The predicted octanol–water partition coefficient (Wildman–Crippen LogP) is 5.12. The van der Waals surface area contributed by atoms with E-state index < -0.39 is 5.97 Å². The zero-order valence-corrected chi connectivity index (χ0v) is 21.3. The lowest BCUT2D eigenvalue weighted by Crippen LogP contribution is -2.45. The summed E-state index contributed by atoms with van der Waals surface area (Å²) in [6, 6.07) is 23.4. The normalized spacial score (nSPS) is 14.3. The van der Waals surface area contributed by atoms with Crippen molar-refractivity contribution in [1.82, 2.24) is 24.8 Å². The summed E-state index contributed by atoms with van der Waals surface area (Å²) in [5.41, 5.74) is 12.7. The van der Waals surface area contributed by atoms with Gasteiger partial charge in [0.2, 0.25) is 0 Å². The van der Waals surface area contributed by atoms with Crippen molar-refractivity contribution in [3.05, 3.63) is 90.1 Å². The fraction of sp³-hybridized carbons (Fsp3) is 0.200. The number of esters is 1. The topological polar surface area (TPSA) is 108 Å². The monoisotopic (exact) mass is 504 g/mol. The molecule has 0 aliphatic heterocycles. The Bertz CT molecular complexity index is 1650. The highest BCUT2D eigenvalue weighted by atomic mass is 16.5. The van der Waals surface area contributed by atoms with Gasteiger partial charge < -0.3 is 15.8 Å². The smallest absolute Gasteiger partial charge is 0.337 e. The number of carbonyl (C=O) groups is 1. The van der Waals surface area contributed by atoms with Gasteiger partial charge in [-0.3, -0.25) is 4.57 Å². The summed E-state index contributed by atoms with van der Waals surface area (Å²) in [6.07, 6.45) is 5.15. The van der Waals surface area contributed by atoms with Gasteiger partial charge in [0.25, 0.3) is 0 Å². The zero-order valence-electron chi connectivity index (χ0n) is 21.3. The molecule has 3 heterocycles. The van der Waals surface area contributed by atoms with Gasteiger partial charge in [-0.25, -0.2) is 19.7 Å². The summed E-state index contributed by atoms with van der Waals surface area (Å²) < 4.78 is 6.92. The van der Waals surface area contributed by atoms with Crippen LogP contribution in [0.25, 0.3) is 39.5 Å². The van der Waals surface area contributed by atoms with E-state index in [0.717, 1.165) is 40.9 Å². The van der Waals surface area contributed by atoms with Crippen LogP contribution in [0.5, 0.6) is 0 Å². The largest absolute Gasteiger partial charge is 0.465 e. The average molecular weight is 505 g/mol. The number of nitrogens with one attached hydrogen (secondary N) is 1. The number of aromatic nitrogens is 4. The molecule has 6 rings (SSSR count). The first kappa shape index (κ1) is 23.8. The minimum absolute atomic E-state index is 0.0439. The second-order valence-electron chi connectivity index (χ2n) is 9.55. The molecule has 8 heteroatoms. The molecule has 1 saturated carbocycles. The van der Waals surface area contributed by atoms with Crippen molar-refractivity contribution in [2.75, 3.05) is 19.9 Å². The first-order valence-electron chi connectivity index (χ1n) is 12.6. The van der Waals surface area contributed by atoms with Crippen molar-refractivity contribution in [2.24, 2.45) is 0 Å². The molecule has 38 heavy (non-hydrogen) atoms. The number of nitrogens with two attached hydrogens (primary N) is 1. The molecule has 0 amide bonds. The van der Waals surface area contributed by atoms with Crippen molar-refractivity contribution >= 4 is 23.0 Å². The highest BCUT2D eigenvalue weighted by molar-refractivity contribution is 5.91. The maximum atomic E-state index is 12.1. The number of methoxy groups -OCH3 is 1. The number of fused-ring (bicyclic) bond motifs is 1. The lowest BCUT2D eigenvalue weighted by Gasteiger charge is -2.42. The number of nitrogen functional groups attached to an aromatic ring is 1. The Balaban J connectivity index is 1.53. The Morgan fingerprint density at radius 3 is 2.53 bits per heavy atom. The first-order valence-corrected chi connectivity index (χ1v) is 12.6. The molecule has 0 unspecified atom stereocenters. The van der Waals surface area contributed by atoms with E-state index in [4.69, 9.17) is 20.4 Å². The van der Waals surface area contributed by atoms with Gasteiger partial charge in [-0.1, -0.05) is 24.3 Å². The number of ether oxygens (including phenoxy) is 1. The predicted molar refractivity (Wildman–Crippen MR) is 148 cm³/mol. The number of benzene rings is 2. The van der Waals surface area contributed by atoms with Gasteiger partial charge in [0.1, 0.15) is 11.3 Å². The third-order valence-electron chi connectivity index (χ3n) is 7.53. The SMILES string of the molecule is CNC1(c2ccc(-n3c(-c4cccnc4N)nc4ccc(-c5cccc(C(=O)OC)c5)nc43)cc2)CCC1. The van der Waals surface area contributed by atoms with Gasteiger partial charge in [0.05, 0.1) is 23.9 Å². The third-order valence-corrected chi connectivity index (χ3v) is 7.53. The van der Waals surface area contributed by atoms with Crippen molar-refractivity contribution in [3.63, 3.8) is 0 Å². The van der Waals surface area contributed by atoms with Gasteiger partial charge in [0.15, 0.2) is 11.5 Å². The molecule has 0 bridgehead atoms. The Hall–Kier alpha value is -4.56. The van der Waals surface area contributed by atoms with Crippen LogP contribution in [-0.2, 0) is 10.3 Å². The van der Waals surface area contributed by atoms with Gasteiger partial charge in [-0.2, -0.15) is 0 Å². The average Bonchev–Trinajstić information content (AvgIpc) is 3.31. The van der Waals surface area contributed by atoms with Crippen LogP contribution < -0.4 is 11.1 Å². The minimum atomic E-state index is -0.391. The van der Waals surface area contributed by atoms with E-state index in [1.165, 1.54) is 19.1 Å². The van der Waals surface area contributed by atoms with E-state index in [9.17, 15) is 4.79 Å². The van der Waals surface area contributed by atoms with Crippen LogP contribution in [0.4, 0.5) is 5.82 Å². The molecule has 0 spiro atoms. The van der Waals surface area contributed by atoms with Crippen molar-refractivity contribution < 1.29 is 9.53 Å². The highest BCUT2D eigenvalue weighted by Crippen LogP contribution is 2.41. The molecule has 8 nitrogen and oxygen atoms in total. The molecule has 190 valence electrons. The molecule has 3 aromatic heterocycles. The number of hydrogen-bond acceptors (Lipinski definition) is 7. The summed E-state index contributed by atoms with van der Waals surface area (Å²) in [5, 5.41) is 3.51. The second kappa shape index (κ2) is 9.39. The molecule has 0 radical (unpaired) electrons. The van der Waals surface area contributed by atoms with Crippen LogP contribution in [-0.4, -0.2) is 39.6 Å². The van der Waals surface area contributed by atoms with E-state index in [1.54, 1.807) is 18.3 Å². The molecule has 1 fully saturated rings. The Labute approximate surface area is 220 Å². The van der Waals surface area contributed by atoms with E-state index >= 15 is 0 Å². The summed E-state index contributed by atoms with van der Waals surface area (Å²) in [7, 11) is 3.40. The van der Waals surface area contributed by atoms with Crippen LogP contribution in [0, 0.1) is 0 Å². The maximum Gasteiger partial charge on any atom is 0.337 e. The van der Waals surface area contributed by atoms with Gasteiger partial charge in [0, 0.05) is 23.0 Å². The van der Waals surface area contributed by atoms with E-state index in [-0.39, 0.29) is 5.54 Å². The molecule has 0 saturated heterocycles. The highest BCUT2D eigenvalue weighted by Gasteiger charge is 2.36. The van der Waals surface area contributed by atoms with E-state index in [0.29, 0.717) is 22.9 Å². The first-order chi connectivity index (χ1) is 18.5. The quantitative estimate of drug-likeness (QED) is 0.309. The molecule has 2 aromatic carbocycles. The lowest BCUT2D eigenvalue weighted by atomic mass is 9.72. The van der Waals surface area contributed by atoms with Crippen molar-refractivity contribution in [3.8, 4) is 28.3 Å². The number of carbonyl (C=O) groups excluding carboxylic acids is 1. The van der Waals surface area contributed by atoms with Gasteiger partial charge in [-0.05, 0) is 80.4 Å². The van der Waals surface area contributed by atoms with Gasteiger partial charge >= 0.3 is 5.97 Å².